The van der Waals surface area contributed by atoms with Gasteiger partial charge in [-0.3, -0.25) is 4.57 Å². The lowest BCUT2D eigenvalue weighted by molar-refractivity contribution is 1.14. The Morgan fingerprint density at radius 1 is 0.304 bits per heavy atom. The van der Waals surface area contributed by atoms with E-state index >= 15 is 0 Å². The Hall–Kier alpha value is -7.56. The maximum Gasteiger partial charge on any atom is 0.145 e. The summed E-state index contributed by atoms with van der Waals surface area (Å²) in [5, 5.41) is 4.77. The maximum absolute atomic E-state index is 5.25. The minimum absolute atomic E-state index is 0.935. The van der Waals surface area contributed by atoms with Crippen molar-refractivity contribution in [2.75, 3.05) is 0 Å². The van der Waals surface area contributed by atoms with Crippen LogP contribution in [0.15, 0.2) is 206 Å². The summed E-state index contributed by atoms with van der Waals surface area (Å²) in [7, 11) is 0. The van der Waals surface area contributed by atoms with E-state index in [9.17, 15) is 0 Å². The van der Waals surface area contributed by atoms with Gasteiger partial charge in [-0.05, 0) is 89.0 Å². The van der Waals surface area contributed by atoms with Gasteiger partial charge in [-0.1, -0.05) is 133 Å². The van der Waals surface area contributed by atoms with Gasteiger partial charge in [0.05, 0.1) is 27.9 Å². The fraction of sp³-hybridized carbons (Fsp3) is 0. The number of para-hydroxylation sites is 2. The van der Waals surface area contributed by atoms with Gasteiger partial charge in [0.15, 0.2) is 0 Å². The van der Waals surface area contributed by atoms with E-state index in [0.29, 0.717) is 0 Å². The van der Waals surface area contributed by atoms with Crippen molar-refractivity contribution < 1.29 is 0 Å². The number of hydrogen-bond acceptors (Lipinski definition) is 2. The Morgan fingerprint density at radius 2 is 0.857 bits per heavy atom. The molecule has 262 valence electrons. The van der Waals surface area contributed by atoms with Crippen molar-refractivity contribution in [3.8, 4) is 56.1 Å². The van der Waals surface area contributed by atoms with Crippen molar-refractivity contribution in [2.24, 2.45) is 0 Å². The van der Waals surface area contributed by atoms with E-state index < -0.39 is 0 Å². The third-order valence-corrected chi connectivity index (χ3v) is 11.0. The number of nitrogens with zero attached hydrogens (tertiary/aromatic N) is 4. The molecule has 4 heteroatoms. The molecule has 0 bridgehead atoms. The highest BCUT2D eigenvalue weighted by atomic mass is 15.0. The Kier molecular flexibility index (Phi) is 7.46. The predicted molar refractivity (Wildman–Crippen MR) is 232 cm³/mol. The molecule has 11 rings (SSSR count). The number of hydrogen-bond donors (Lipinski definition) is 0. The molecule has 0 unspecified atom stereocenters. The van der Waals surface area contributed by atoms with E-state index in [1.807, 2.05) is 18.3 Å². The first-order valence-electron chi connectivity index (χ1n) is 19.0. The molecule has 0 atom stereocenters. The average molecular weight is 715 g/mol. The molecule has 0 aliphatic rings. The third-order valence-electron chi connectivity index (χ3n) is 11.0. The summed E-state index contributed by atoms with van der Waals surface area (Å²) in [4.78, 5) is 10.1. The van der Waals surface area contributed by atoms with Crippen LogP contribution in [-0.4, -0.2) is 19.1 Å². The smallest absolute Gasteiger partial charge is 0.145 e. The lowest BCUT2D eigenvalue weighted by atomic mass is 10.00. The van der Waals surface area contributed by atoms with Crippen LogP contribution in [0.1, 0.15) is 0 Å². The Labute approximate surface area is 324 Å². The maximum atomic E-state index is 5.25. The van der Waals surface area contributed by atoms with Gasteiger partial charge < -0.3 is 4.57 Å². The molecule has 0 saturated heterocycles. The highest BCUT2D eigenvalue weighted by Crippen LogP contribution is 2.39. The van der Waals surface area contributed by atoms with E-state index in [-0.39, 0.29) is 0 Å². The van der Waals surface area contributed by atoms with Crippen LogP contribution in [-0.2, 0) is 0 Å². The van der Waals surface area contributed by atoms with Crippen LogP contribution in [0.2, 0.25) is 0 Å². The van der Waals surface area contributed by atoms with Crippen LogP contribution in [0.25, 0.3) is 99.9 Å². The van der Waals surface area contributed by atoms with E-state index in [4.69, 9.17) is 9.97 Å². The minimum Gasteiger partial charge on any atom is -0.309 e. The Morgan fingerprint density at radius 3 is 1.61 bits per heavy atom. The first-order valence-corrected chi connectivity index (χ1v) is 19.0. The van der Waals surface area contributed by atoms with Crippen LogP contribution in [0.5, 0.6) is 0 Å². The lowest BCUT2D eigenvalue weighted by Crippen LogP contribution is -1.96. The molecule has 7 aromatic carbocycles. The Bertz CT molecular complexity index is 3170. The summed E-state index contributed by atoms with van der Waals surface area (Å²) >= 11 is 0. The molecular weight excluding hydrogens is 681 g/mol. The van der Waals surface area contributed by atoms with Crippen molar-refractivity contribution >= 4 is 43.7 Å². The zero-order valence-corrected chi connectivity index (χ0v) is 30.4. The van der Waals surface area contributed by atoms with Crippen LogP contribution in [0.4, 0.5) is 0 Å². The van der Waals surface area contributed by atoms with Gasteiger partial charge in [0.1, 0.15) is 5.65 Å². The zero-order chi connectivity index (χ0) is 37.0. The second-order valence-electron chi connectivity index (χ2n) is 14.3. The summed E-state index contributed by atoms with van der Waals surface area (Å²) in [6.45, 7) is 0. The second-order valence-corrected chi connectivity index (χ2v) is 14.3. The lowest BCUT2D eigenvalue weighted by Gasteiger charge is -2.13. The number of benzene rings is 7. The molecule has 0 fully saturated rings. The summed E-state index contributed by atoms with van der Waals surface area (Å²) < 4.78 is 4.68. The van der Waals surface area contributed by atoms with E-state index in [0.717, 1.165) is 78.2 Å². The topological polar surface area (TPSA) is 35.6 Å². The molecule has 0 N–H and O–H groups in total. The largest absolute Gasteiger partial charge is 0.309 e. The molecule has 11 aromatic rings. The Balaban J connectivity index is 1.08. The third kappa shape index (κ3) is 5.31. The monoisotopic (exact) mass is 714 g/mol. The molecule has 4 aromatic heterocycles. The normalized spacial score (nSPS) is 11.6. The van der Waals surface area contributed by atoms with Crippen LogP contribution in [0.3, 0.4) is 0 Å². The van der Waals surface area contributed by atoms with Crippen LogP contribution in [0, 0.1) is 0 Å². The highest BCUT2D eigenvalue weighted by Gasteiger charge is 2.17. The number of pyridine rings is 2. The molecule has 4 heterocycles. The molecule has 0 aliphatic carbocycles. The van der Waals surface area contributed by atoms with E-state index in [2.05, 4.69) is 197 Å². The fourth-order valence-corrected chi connectivity index (χ4v) is 8.33. The van der Waals surface area contributed by atoms with Gasteiger partial charge in [0.25, 0.3) is 0 Å². The number of aromatic nitrogens is 4. The van der Waals surface area contributed by atoms with Crippen molar-refractivity contribution in [3.63, 3.8) is 0 Å². The highest BCUT2D eigenvalue weighted by molar-refractivity contribution is 6.11. The van der Waals surface area contributed by atoms with Gasteiger partial charge in [-0.2, -0.15) is 0 Å². The van der Waals surface area contributed by atoms with Gasteiger partial charge >= 0.3 is 0 Å². The predicted octanol–water partition coefficient (Wildman–Crippen LogP) is 13.3. The van der Waals surface area contributed by atoms with E-state index in [1.54, 1.807) is 0 Å². The second kappa shape index (κ2) is 13.1. The summed E-state index contributed by atoms with van der Waals surface area (Å²) in [5.41, 5.74) is 15.3. The van der Waals surface area contributed by atoms with Crippen molar-refractivity contribution in [2.45, 2.75) is 0 Å². The standard InChI is InChI=1S/C52H34N4/c1-4-14-35(15-5-1)40-31-47(36-16-6-2-7-17-36)54-48(32-40)39-18-12-21-42(30-39)55-49-24-11-10-22-43(49)44-27-25-37(33-50(44)55)38-26-28-45-46-23-13-29-53-52(46)56(51(45)34-38)41-19-8-3-9-20-41/h1-34H. The van der Waals surface area contributed by atoms with Crippen molar-refractivity contribution in [3.05, 3.63) is 206 Å². The fourth-order valence-electron chi connectivity index (χ4n) is 8.33. The van der Waals surface area contributed by atoms with Crippen molar-refractivity contribution in [1.82, 2.24) is 19.1 Å². The first-order chi connectivity index (χ1) is 27.8. The van der Waals surface area contributed by atoms with E-state index in [1.165, 1.54) is 21.7 Å². The summed E-state index contributed by atoms with van der Waals surface area (Å²) in [6, 6.07) is 71.3. The van der Waals surface area contributed by atoms with Crippen molar-refractivity contribution in [1.29, 1.82) is 0 Å². The molecule has 0 amide bonds. The molecule has 0 spiro atoms. The molecule has 0 radical (unpaired) electrons. The first kappa shape index (κ1) is 31.9. The summed E-state index contributed by atoms with van der Waals surface area (Å²) in [6.07, 6.45) is 1.88. The molecule has 56 heavy (non-hydrogen) atoms. The summed E-state index contributed by atoms with van der Waals surface area (Å²) in [5.74, 6) is 0. The quantitative estimate of drug-likeness (QED) is 0.172. The molecular formula is C52H34N4. The minimum atomic E-state index is 0.935. The molecule has 0 aliphatic heterocycles. The zero-order valence-electron chi connectivity index (χ0n) is 30.4. The van der Waals surface area contributed by atoms with Gasteiger partial charge in [0, 0.05) is 50.2 Å². The van der Waals surface area contributed by atoms with Crippen LogP contribution < -0.4 is 0 Å². The van der Waals surface area contributed by atoms with Gasteiger partial charge in [0.2, 0.25) is 0 Å². The van der Waals surface area contributed by atoms with Gasteiger partial charge in [-0.15, -0.1) is 0 Å². The number of fused-ring (bicyclic) bond motifs is 6. The number of rotatable bonds is 6. The average Bonchev–Trinajstić information content (AvgIpc) is 3.79. The molecule has 0 saturated carbocycles. The SMILES string of the molecule is c1ccc(-c2cc(-c3ccccc3)nc(-c3cccc(-n4c5ccccc5c5ccc(-c6ccc7c8cccnc8n(-c8ccccc8)c7c6)cc54)c3)c2)cc1. The van der Waals surface area contributed by atoms with Crippen LogP contribution >= 0.6 is 0 Å². The molecule has 4 nitrogen and oxygen atoms in total. The van der Waals surface area contributed by atoms with Gasteiger partial charge in [-0.25, -0.2) is 9.97 Å².